The quantitative estimate of drug-likeness (QED) is 0.725. The Morgan fingerprint density at radius 2 is 2.00 bits per heavy atom. The molecule has 3 heterocycles. The predicted molar refractivity (Wildman–Crippen MR) is 95.9 cm³/mol. The molecule has 8 heteroatoms. The zero-order chi connectivity index (χ0) is 18.4. The van der Waals surface area contributed by atoms with Crippen LogP contribution in [0.2, 0.25) is 5.15 Å². The molecule has 3 aromatic rings. The Balaban J connectivity index is 1.97. The van der Waals surface area contributed by atoms with Crippen molar-refractivity contribution in [2.24, 2.45) is 5.73 Å². The maximum absolute atomic E-state index is 9.68. The molecule has 0 fully saturated rings. The molecule has 0 aliphatic carbocycles. The van der Waals surface area contributed by atoms with E-state index in [1.807, 2.05) is 44.2 Å². The molecule has 26 heavy (non-hydrogen) atoms. The molecule has 3 N–H and O–H groups in total. The van der Waals surface area contributed by atoms with Crippen molar-refractivity contribution in [1.29, 1.82) is 5.26 Å². The van der Waals surface area contributed by atoms with E-state index in [4.69, 9.17) is 22.1 Å². The van der Waals surface area contributed by atoms with Crippen LogP contribution in [-0.4, -0.2) is 20.0 Å². The molecule has 7 nitrogen and oxygen atoms in total. The Labute approximate surface area is 154 Å². The summed E-state index contributed by atoms with van der Waals surface area (Å²) in [6.45, 7) is 3.72. The van der Waals surface area contributed by atoms with Gasteiger partial charge in [0, 0.05) is 16.8 Å². The van der Waals surface area contributed by atoms with Crippen LogP contribution in [0, 0.1) is 25.2 Å². The fourth-order valence-corrected chi connectivity index (χ4v) is 3.65. The zero-order valence-electron chi connectivity index (χ0n) is 14.1. The first-order valence-corrected chi connectivity index (χ1v) is 8.33. The molecule has 0 saturated carbocycles. The Bertz CT molecular complexity index is 1070. The summed E-state index contributed by atoms with van der Waals surface area (Å²) in [6.07, 6.45) is 0. The normalized spacial score (nSPS) is 16.2. The van der Waals surface area contributed by atoms with E-state index >= 15 is 0 Å². The first kappa shape index (κ1) is 16.2. The number of nitrogens with one attached hydrogen (secondary N) is 1. The summed E-state index contributed by atoms with van der Waals surface area (Å²) in [5.41, 5.74) is 10.0. The SMILES string of the molecule is Cc1nn(-c2ccccc2)c(Cl)c1[C@H]1C(C#N)=C(N)Oc2n[nH]c(C)c21. The van der Waals surface area contributed by atoms with Crippen molar-refractivity contribution in [3.8, 4) is 17.6 Å². The highest BCUT2D eigenvalue weighted by molar-refractivity contribution is 6.30. The van der Waals surface area contributed by atoms with E-state index in [0.717, 1.165) is 16.9 Å². The number of hydrogen-bond acceptors (Lipinski definition) is 5. The zero-order valence-corrected chi connectivity index (χ0v) is 14.9. The van der Waals surface area contributed by atoms with Gasteiger partial charge < -0.3 is 10.5 Å². The molecule has 2 aromatic heterocycles. The second-order valence-corrected chi connectivity index (χ2v) is 6.39. The van der Waals surface area contributed by atoms with E-state index in [2.05, 4.69) is 21.4 Å². The lowest BCUT2D eigenvalue weighted by atomic mass is 9.84. The van der Waals surface area contributed by atoms with Crippen molar-refractivity contribution < 1.29 is 4.74 Å². The number of fused-ring (bicyclic) bond motifs is 1. The molecule has 1 atom stereocenters. The van der Waals surface area contributed by atoms with Gasteiger partial charge in [0.25, 0.3) is 0 Å². The Morgan fingerprint density at radius 3 is 2.69 bits per heavy atom. The number of benzene rings is 1. The number of para-hydroxylation sites is 1. The lowest BCUT2D eigenvalue weighted by molar-refractivity contribution is 0.378. The van der Waals surface area contributed by atoms with Gasteiger partial charge in [0.2, 0.25) is 11.8 Å². The van der Waals surface area contributed by atoms with E-state index in [9.17, 15) is 5.26 Å². The number of aromatic amines is 1. The average molecular weight is 367 g/mol. The van der Waals surface area contributed by atoms with E-state index in [1.165, 1.54) is 0 Å². The number of halogens is 1. The van der Waals surface area contributed by atoms with Crippen molar-refractivity contribution in [2.45, 2.75) is 19.8 Å². The Hall–Kier alpha value is -3.24. The minimum absolute atomic E-state index is 0.0272. The van der Waals surface area contributed by atoms with Crippen LogP contribution in [0.15, 0.2) is 41.8 Å². The highest BCUT2D eigenvalue weighted by Gasteiger charge is 2.38. The van der Waals surface area contributed by atoms with Crippen LogP contribution < -0.4 is 10.5 Å². The summed E-state index contributed by atoms with van der Waals surface area (Å²) in [5, 5.41) is 21.7. The molecule has 0 saturated heterocycles. The Kier molecular flexibility index (Phi) is 3.71. The summed E-state index contributed by atoms with van der Waals surface area (Å²) >= 11 is 6.71. The molecule has 1 aromatic carbocycles. The van der Waals surface area contributed by atoms with E-state index < -0.39 is 5.92 Å². The van der Waals surface area contributed by atoms with Crippen molar-refractivity contribution in [1.82, 2.24) is 20.0 Å². The lowest BCUT2D eigenvalue weighted by Crippen LogP contribution is -2.21. The smallest absolute Gasteiger partial charge is 0.244 e. The van der Waals surface area contributed by atoms with Gasteiger partial charge in [-0.05, 0) is 26.0 Å². The van der Waals surface area contributed by atoms with Crippen LogP contribution in [0.25, 0.3) is 5.69 Å². The van der Waals surface area contributed by atoms with Crippen molar-refractivity contribution >= 4 is 11.6 Å². The molecule has 1 aliphatic heterocycles. The summed E-state index contributed by atoms with van der Waals surface area (Å²) < 4.78 is 7.16. The van der Waals surface area contributed by atoms with E-state index in [0.29, 0.717) is 27.9 Å². The number of nitriles is 1. The van der Waals surface area contributed by atoms with E-state index in [1.54, 1.807) is 4.68 Å². The number of rotatable bonds is 2. The van der Waals surface area contributed by atoms with Gasteiger partial charge in [0.1, 0.15) is 16.8 Å². The number of nitrogens with two attached hydrogens (primary N) is 1. The number of H-pyrrole nitrogens is 1. The molecule has 4 rings (SSSR count). The largest absolute Gasteiger partial charge is 0.420 e. The molecule has 0 bridgehead atoms. The highest BCUT2D eigenvalue weighted by Crippen LogP contribution is 2.46. The first-order chi connectivity index (χ1) is 12.5. The third kappa shape index (κ3) is 2.27. The number of nitrogens with zero attached hydrogens (tertiary/aromatic N) is 4. The van der Waals surface area contributed by atoms with Gasteiger partial charge >= 0.3 is 0 Å². The minimum atomic E-state index is -0.493. The second-order valence-electron chi connectivity index (χ2n) is 6.03. The second kappa shape index (κ2) is 5.93. The van der Waals surface area contributed by atoms with Crippen molar-refractivity contribution in [3.63, 3.8) is 0 Å². The van der Waals surface area contributed by atoms with Crippen LogP contribution in [0.3, 0.4) is 0 Å². The third-order valence-electron chi connectivity index (χ3n) is 4.47. The summed E-state index contributed by atoms with van der Waals surface area (Å²) in [7, 11) is 0. The lowest BCUT2D eigenvalue weighted by Gasteiger charge is -2.23. The maximum Gasteiger partial charge on any atom is 0.244 e. The fraction of sp³-hybridized carbons (Fsp3) is 0.167. The first-order valence-electron chi connectivity index (χ1n) is 7.95. The molecule has 0 unspecified atom stereocenters. The van der Waals surface area contributed by atoms with Crippen LogP contribution in [-0.2, 0) is 0 Å². The van der Waals surface area contributed by atoms with Gasteiger partial charge in [0.05, 0.1) is 17.3 Å². The van der Waals surface area contributed by atoms with Gasteiger partial charge in [-0.25, -0.2) is 4.68 Å². The third-order valence-corrected chi connectivity index (χ3v) is 4.83. The van der Waals surface area contributed by atoms with Gasteiger partial charge in [-0.1, -0.05) is 29.8 Å². The molecule has 0 amide bonds. The molecular weight excluding hydrogens is 352 g/mol. The molecule has 130 valence electrons. The van der Waals surface area contributed by atoms with Crippen molar-refractivity contribution in [2.75, 3.05) is 0 Å². The topological polar surface area (TPSA) is 106 Å². The minimum Gasteiger partial charge on any atom is -0.420 e. The van der Waals surface area contributed by atoms with Crippen LogP contribution in [0.5, 0.6) is 5.88 Å². The summed E-state index contributed by atoms with van der Waals surface area (Å²) in [4.78, 5) is 0. The summed E-state index contributed by atoms with van der Waals surface area (Å²) in [6, 6.07) is 11.7. The fourth-order valence-electron chi connectivity index (χ4n) is 3.27. The van der Waals surface area contributed by atoms with Crippen LogP contribution in [0.1, 0.15) is 28.4 Å². The molecule has 0 radical (unpaired) electrons. The highest BCUT2D eigenvalue weighted by atomic mass is 35.5. The number of aromatic nitrogens is 4. The van der Waals surface area contributed by atoms with Gasteiger partial charge in [-0.3, -0.25) is 5.10 Å². The van der Waals surface area contributed by atoms with Gasteiger partial charge in [0.15, 0.2) is 0 Å². The Morgan fingerprint density at radius 1 is 1.27 bits per heavy atom. The molecule has 1 aliphatic rings. The number of allylic oxidation sites excluding steroid dienone is 1. The number of aryl methyl sites for hydroxylation is 2. The molecular formula is C18H15ClN6O. The van der Waals surface area contributed by atoms with Gasteiger partial charge in [-0.2, -0.15) is 10.4 Å². The predicted octanol–water partition coefficient (Wildman–Crippen LogP) is 3.08. The average Bonchev–Trinajstić information content (AvgIpc) is 3.14. The molecule has 0 spiro atoms. The monoisotopic (exact) mass is 366 g/mol. The van der Waals surface area contributed by atoms with Crippen LogP contribution >= 0.6 is 11.6 Å². The number of ether oxygens (including phenoxy) is 1. The van der Waals surface area contributed by atoms with E-state index in [-0.39, 0.29) is 5.88 Å². The summed E-state index contributed by atoms with van der Waals surface area (Å²) in [5.74, 6) is -0.112. The number of hydrogen-bond donors (Lipinski definition) is 2. The van der Waals surface area contributed by atoms with Crippen molar-refractivity contribution in [3.05, 3.63) is 69.5 Å². The maximum atomic E-state index is 9.68. The van der Waals surface area contributed by atoms with Gasteiger partial charge in [-0.15, -0.1) is 5.10 Å². The standard InChI is InChI=1S/C18H15ClN6O/c1-9-14-15(12(8-20)17(21)26-18(14)23-22-9)13-10(2)24-25(16(13)19)11-6-4-3-5-7-11/h3-7,15H,21H2,1-2H3,(H,22,23)/t15-/m1/s1. The van der Waals surface area contributed by atoms with Crippen LogP contribution in [0.4, 0.5) is 0 Å².